The van der Waals surface area contributed by atoms with Crippen LogP contribution in [0.3, 0.4) is 0 Å². The number of rotatable bonds is 8. The highest BCUT2D eigenvalue weighted by atomic mass is 32.2. The number of hydrogen-bond acceptors (Lipinski definition) is 4. The lowest BCUT2D eigenvalue weighted by molar-refractivity contribution is 0.601. The van der Waals surface area contributed by atoms with Gasteiger partial charge in [-0.25, -0.2) is 18.4 Å². The molecule has 0 saturated heterocycles. The lowest BCUT2D eigenvalue weighted by atomic mass is 10.1. The average molecular weight is 440 g/mol. The zero-order chi connectivity index (χ0) is 22.3. The van der Waals surface area contributed by atoms with Crippen LogP contribution < -0.4 is 10.6 Å². The van der Waals surface area contributed by atoms with Crippen LogP contribution in [0, 0.1) is 6.92 Å². The SMILES string of the molecule is CCNC(=NCc1cccc(Cn2ccnc2)c1)NCc1ccc(S(C)(=O)=O)c(C)c1. The first kappa shape index (κ1) is 22.6. The van der Waals surface area contributed by atoms with Crippen LogP contribution in [0.2, 0.25) is 0 Å². The van der Waals surface area contributed by atoms with Crippen molar-refractivity contribution in [3.63, 3.8) is 0 Å². The number of nitrogens with one attached hydrogen (secondary N) is 2. The number of aryl methyl sites for hydroxylation is 1. The third-order valence-corrected chi connectivity index (χ3v) is 6.04. The minimum absolute atomic E-state index is 0.368. The van der Waals surface area contributed by atoms with Gasteiger partial charge in [-0.15, -0.1) is 0 Å². The number of sulfone groups is 1. The van der Waals surface area contributed by atoms with Gasteiger partial charge in [-0.2, -0.15) is 0 Å². The van der Waals surface area contributed by atoms with E-state index >= 15 is 0 Å². The van der Waals surface area contributed by atoms with Crippen molar-refractivity contribution >= 4 is 15.8 Å². The summed E-state index contributed by atoms with van der Waals surface area (Å²) >= 11 is 0. The van der Waals surface area contributed by atoms with E-state index < -0.39 is 9.84 Å². The highest BCUT2D eigenvalue weighted by molar-refractivity contribution is 7.90. The molecule has 0 atom stereocenters. The van der Waals surface area contributed by atoms with Crippen molar-refractivity contribution in [2.75, 3.05) is 12.8 Å². The lowest BCUT2D eigenvalue weighted by Gasteiger charge is -2.13. The summed E-state index contributed by atoms with van der Waals surface area (Å²) in [7, 11) is -3.21. The summed E-state index contributed by atoms with van der Waals surface area (Å²) in [5, 5.41) is 6.58. The third-order valence-electron chi connectivity index (χ3n) is 4.78. The van der Waals surface area contributed by atoms with Crippen molar-refractivity contribution in [1.29, 1.82) is 0 Å². The fourth-order valence-corrected chi connectivity index (χ4v) is 4.31. The highest BCUT2D eigenvalue weighted by Crippen LogP contribution is 2.16. The highest BCUT2D eigenvalue weighted by Gasteiger charge is 2.11. The third kappa shape index (κ3) is 6.68. The molecule has 164 valence electrons. The number of nitrogens with zero attached hydrogens (tertiary/aromatic N) is 3. The molecular weight excluding hydrogens is 410 g/mol. The van der Waals surface area contributed by atoms with E-state index in [0.717, 1.165) is 29.8 Å². The van der Waals surface area contributed by atoms with E-state index in [1.165, 1.54) is 11.8 Å². The second-order valence-corrected chi connectivity index (χ2v) is 9.46. The molecular formula is C23H29N5O2S. The second kappa shape index (κ2) is 10.3. The van der Waals surface area contributed by atoms with Gasteiger partial charge in [0.05, 0.1) is 17.8 Å². The Hall–Kier alpha value is -3.13. The maximum atomic E-state index is 11.8. The van der Waals surface area contributed by atoms with Crippen LogP contribution in [0.5, 0.6) is 0 Å². The van der Waals surface area contributed by atoms with Crippen molar-refractivity contribution in [2.45, 2.75) is 38.4 Å². The van der Waals surface area contributed by atoms with Gasteiger partial charge in [0.2, 0.25) is 0 Å². The molecule has 0 aliphatic heterocycles. The minimum atomic E-state index is -3.21. The van der Waals surface area contributed by atoms with Crippen LogP contribution >= 0.6 is 0 Å². The van der Waals surface area contributed by atoms with Crippen molar-refractivity contribution < 1.29 is 8.42 Å². The quantitative estimate of drug-likeness (QED) is 0.416. The summed E-state index contributed by atoms with van der Waals surface area (Å²) in [6, 6.07) is 13.8. The fraction of sp³-hybridized carbons (Fsp3) is 0.304. The van der Waals surface area contributed by atoms with E-state index in [-0.39, 0.29) is 0 Å². The molecule has 8 heteroatoms. The normalized spacial score (nSPS) is 12.0. The lowest BCUT2D eigenvalue weighted by Crippen LogP contribution is -2.36. The molecule has 0 bridgehead atoms. The first-order valence-corrected chi connectivity index (χ1v) is 12.1. The van der Waals surface area contributed by atoms with Crippen LogP contribution in [0.15, 0.2) is 71.1 Å². The van der Waals surface area contributed by atoms with Gasteiger partial charge >= 0.3 is 0 Å². The molecule has 1 aromatic heterocycles. The van der Waals surface area contributed by atoms with Gasteiger partial charge in [-0.05, 0) is 42.2 Å². The summed E-state index contributed by atoms with van der Waals surface area (Å²) in [5.41, 5.74) is 4.07. The van der Waals surface area contributed by atoms with E-state index in [1.54, 1.807) is 12.3 Å². The molecule has 31 heavy (non-hydrogen) atoms. The predicted molar refractivity (Wildman–Crippen MR) is 124 cm³/mol. The molecule has 3 aromatic rings. The Balaban J connectivity index is 1.65. The van der Waals surface area contributed by atoms with Crippen LogP contribution in [0.25, 0.3) is 0 Å². The Morgan fingerprint density at radius 1 is 1.10 bits per heavy atom. The summed E-state index contributed by atoms with van der Waals surface area (Å²) < 4.78 is 25.6. The van der Waals surface area contributed by atoms with Crippen molar-refractivity contribution in [1.82, 2.24) is 20.2 Å². The Labute approximate surface area is 184 Å². The van der Waals surface area contributed by atoms with E-state index in [1.807, 2.05) is 49.1 Å². The standard InChI is InChI=1S/C23H29N5O2S/c1-4-25-23(27-15-20-8-9-22(18(2)12-20)31(3,29)30)26-14-19-6-5-7-21(13-19)16-28-11-10-24-17-28/h5-13,17H,4,14-16H2,1-3H3,(H2,25,26,27). The Morgan fingerprint density at radius 2 is 1.90 bits per heavy atom. The summed E-state index contributed by atoms with van der Waals surface area (Å²) in [6.45, 7) is 6.47. The number of guanidine groups is 1. The van der Waals surface area contributed by atoms with E-state index in [2.05, 4.69) is 33.8 Å². The largest absolute Gasteiger partial charge is 0.357 e. The molecule has 0 aliphatic rings. The first-order valence-electron chi connectivity index (χ1n) is 10.2. The average Bonchev–Trinajstić information content (AvgIpc) is 3.22. The van der Waals surface area contributed by atoms with Gasteiger partial charge < -0.3 is 15.2 Å². The van der Waals surface area contributed by atoms with E-state index in [0.29, 0.717) is 23.9 Å². The molecule has 0 radical (unpaired) electrons. The molecule has 2 aromatic carbocycles. The second-order valence-electron chi connectivity index (χ2n) is 7.48. The zero-order valence-corrected chi connectivity index (χ0v) is 19.0. The van der Waals surface area contributed by atoms with Crippen LogP contribution in [-0.2, 0) is 29.5 Å². The molecule has 3 rings (SSSR count). The molecule has 0 saturated carbocycles. The predicted octanol–water partition coefficient (Wildman–Crippen LogP) is 2.90. The summed E-state index contributed by atoms with van der Waals surface area (Å²) in [6.07, 6.45) is 6.76. The van der Waals surface area contributed by atoms with Crippen LogP contribution in [-0.4, -0.2) is 36.7 Å². The smallest absolute Gasteiger partial charge is 0.191 e. The van der Waals surface area contributed by atoms with Gasteiger partial charge in [-0.3, -0.25) is 0 Å². The number of benzene rings is 2. The Morgan fingerprint density at radius 3 is 2.58 bits per heavy atom. The maximum absolute atomic E-state index is 11.8. The monoisotopic (exact) mass is 439 g/mol. The van der Waals surface area contributed by atoms with Crippen molar-refractivity contribution in [3.8, 4) is 0 Å². The van der Waals surface area contributed by atoms with E-state index in [9.17, 15) is 8.42 Å². The van der Waals surface area contributed by atoms with Crippen molar-refractivity contribution in [3.05, 3.63) is 83.4 Å². The number of hydrogen-bond donors (Lipinski definition) is 2. The molecule has 1 heterocycles. The van der Waals surface area contributed by atoms with Gasteiger partial charge in [0.15, 0.2) is 15.8 Å². The fourth-order valence-electron chi connectivity index (χ4n) is 3.35. The maximum Gasteiger partial charge on any atom is 0.191 e. The van der Waals surface area contributed by atoms with Crippen LogP contribution in [0.4, 0.5) is 0 Å². The molecule has 0 spiro atoms. The number of aliphatic imine (C=N–C) groups is 1. The molecule has 2 N–H and O–H groups in total. The van der Waals surface area contributed by atoms with Gasteiger partial charge in [0.1, 0.15) is 0 Å². The Kier molecular flexibility index (Phi) is 7.46. The minimum Gasteiger partial charge on any atom is -0.357 e. The molecule has 0 amide bonds. The number of imidazole rings is 1. The summed E-state index contributed by atoms with van der Waals surface area (Å²) in [4.78, 5) is 9.15. The molecule has 0 unspecified atom stereocenters. The topological polar surface area (TPSA) is 88.4 Å². The van der Waals surface area contributed by atoms with Gasteiger partial charge in [0, 0.05) is 38.3 Å². The molecule has 7 nitrogen and oxygen atoms in total. The van der Waals surface area contributed by atoms with Gasteiger partial charge in [-0.1, -0.05) is 36.4 Å². The zero-order valence-electron chi connectivity index (χ0n) is 18.2. The molecule has 0 fully saturated rings. The van der Waals surface area contributed by atoms with Gasteiger partial charge in [0.25, 0.3) is 0 Å². The summed E-state index contributed by atoms with van der Waals surface area (Å²) in [5.74, 6) is 0.715. The first-order chi connectivity index (χ1) is 14.8. The van der Waals surface area contributed by atoms with E-state index in [4.69, 9.17) is 4.99 Å². The Bertz CT molecular complexity index is 1140. The van der Waals surface area contributed by atoms with Crippen molar-refractivity contribution in [2.24, 2.45) is 4.99 Å². The number of aromatic nitrogens is 2. The van der Waals surface area contributed by atoms with Crippen LogP contribution in [0.1, 0.15) is 29.2 Å². The molecule has 0 aliphatic carbocycles.